The lowest BCUT2D eigenvalue weighted by atomic mass is 9.50. The van der Waals surface area contributed by atoms with Crippen molar-refractivity contribution >= 4 is 5.78 Å². The maximum atomic E-state index is 12.5. The van der Waals surface area contributed by atoms with Crippen LogP contribution < -0.4 is 0 Å². The third-order valence-corrected chi connectivity index (χ3v) is 6.83. The SMILES string of the molecule is Cc1ccc2c(c1)CCC1C2CC[C@]2(C)C(=O)CCCC12. The molecule has 1 nitrogen and oxygen atoms in total. The monoisotopic (exact) mass is 282 g/mol. The molecule has 0 spiro atoms. The smallest absolute Gasteiger partial charge is 0.139 e. The van der Waals surface area contributed by atoms with Crippen LogP contribution in [0.5, 0.6) is 0 Å². The molecular weight excluding hydrogens is 256 g/mol. The number of hydrogen-bond donors (Lipinski definition) is 0. The Kier molecular flexibility index (Phi) is 3.03. The summed E-state index contributed by atoms with van der Waals surface area (Å²) < 4.78 is 0. The molecule has 0 N–H and O–H groups in total. The van der Waals surface area contributed by atoms with E-state index in [9.17, 15) is 4.79 Å². The number of ketones is 1. The molecule has 0 aromatic heterocycles. The molecule has 112 valence electrons. The lowest BCUT2D eigenvalue weighted by Gasteiger charge is -2.53. The summed E-state index contributed by atoms with van der Waals surface area (Å²) in [5.41, 5.74) is 4.58. The molecule has 0 aliphatic heterocycles. The predicted molar refractivity (Wildman–Crippen MR) is 85.4 cm³/mol. The highest BCUT2D eigenvalue weighted by molar-refractivity contribution is 5.85. The Morgan fingerprint density at radius 3 is 2.86 bits per heavy atom. The van der Waals surface area contributed by atoms with Crippen molar-refractivity contribution in [2.45, 2.75) is 64.7 Å². The molecule has 0 bridgehead atoms. The van der Waals surface area contributed by atoms with Crippen molar-refractivity contribution < 1.29 is 4.79 Å². The normalized spacial score (nSPS) is 38.4. The molecule has 0 radical (unpaired) electrons. The summed E-state index contributed by atoms with van der Waals surface area (Å²) in [6, 6.07) is 7.06. The first-order valence-electron chi connectivity index (χ1n) is 8.72. The topological polar surface area (TPSA) is 17.1 Å². The first kappa shape index (κ1) is 13.5. The van der Waals surface area contributed by atoms with Crippen LogP contribution in [0.1, 0.15) is 68.1 Å². The molecule has 1 aromatic rings. The van der Waals surface area contributed by atoms with Gasteiger partial charge in [-0.2, -0.15) is 0 Å². The Bertz CT molecular complexity index is 588. The molecule has 2 fully saturated rings. The summed E-state index contributed by atoms with van der Waals surface area (Å²) >= 11 is 0. The van der Waals surface area contributed by atoms with Gasteiger partial charge >= 0.3 is 0 Å². The zero-order valence-electron chi connectivity index (χ0n) is 13.3. The lowest BCUT2D eigenvalue weighted by molar-refractivity contribution is -0.140. The highest BCUT2D eigenvalue weighted by atomic mass is 16.1. The molecule has 3 aliphatic rings. The largest absolute Gasteiger partial charge is 0.299 e. The van der Waals surface area contributed by atoms with Crippen molar-refractivity contribution in [1.29, 1.82) is 0 Å². The number of aryl methyl sites for hydroxylation is 2. The Hall–Kier alpha value is -1.11. The van der Waals surface area contributed by atoms with Gasteiger partial charge in [0.05, 0.1) is 0 Å². The molecular formula is C20H26O. The summed E-state index contributed by atoms with van der Waals surface area (Å²) in [6.45, 7) is 4.48. The van der Waals surface area contributed by atoms with Gasteiger partial charge in [0.1, 0.15) is 5.78 Å². The zero-order chi connectivity index (χ0) is 14.6. The van der Waals surface area contributed by atoms with E-state index in [0.717, 1.165) is 31.1 Å². The van der Waals surface area contributed by atoms with E-state index in [2.05, 4.69) is 32.0 Å². The van der Waals surface area contributed by atoms with E-state index < -0.39 is 0 Å². The van der Waals surface area contributed by atoms with E-state index in [1.165, 1.54) is 31.2 Å². The van der Waals surface area contributed by atoms with E-state index in [1.54, 1.807) is 11.1 Å². The lowest BCUT2D eigenvalue weighted by Crippen LogP contribution is -2.49. The second-order valence-electron chi connectivity index (χ2n) is 7.89. The minimum atomic E-state index is 0.00160. The quantitative estimate of drug-likeness (QED) is 0.667. The molecule has 0 saturated heterocycles. The summed E-state index contributed by atoms with van der Waals surface area (Å²) in [4.78, 5) is 12.5. The van der Waals surface area contributed by atoms with Crippen molar-refractivity contribution in [3.8, 4) is 0 Å². The fraction of sp³-hybridized carbons (Fsp3) is 0.650. The van der Waals surface area contributed by atoms with Crippen LogP contribution in [-0.2, 0) is 11.2 Å². The van der Waals surface area contributed by atoms with Gasteiger partial charge in [0.2, 0.25) is 0 Å². The summed E-state index contributed by atoms with van der Waals surface area (Å²) in [6.07, 6.45) is 8.10. The minimum absolute atomic E-state index is 0.00160. The van der Waals surface area contributed by atoms with Crippen LogP contribution in [0.2, 0.25) is 0 Å². The molecule has 4 atom stereocenters. The number of carbonyl (C=O) groups is 1. The number of carbonyl (C=O) groups excluding carboxylic acids is 1. The number of hydrogen-bond acceptors (Lipinski definition) is 1. The molecule has 2 saturated carbocycles. The maximum Gasteiger partial charge on any atom is 0.139 e. The van der Waals surface area contributed by atoms with Crippen LogP contribution in [0.4, 0.5) is 0 Å². The van der Waals surface area contributed by atoms with Gasteiger partial charge in [-0.1, -0.05) is 30.7 Å². The number of Topliss-reactive ketones (excluding diaryl/α,β-unsaturated/α-hetero) is 1. The molecule has 1 aromatic carbocycles. The average Bonchev–Trinajstić information content (AvgIpc) is 2.48. The van der Waals surface area contributed by atoms with Gasteiger partial charge < -0.3 is 0 Å². The molecule has 1 heteroatoms. The molecule has 0 amide bonds. The van der Waals surface area contributed by atoms with Crippen molar-refractivity contribution in [2.75, 3.05) is 0 Å². The van der Waals surface area contributed by atoms with Crippen molar-refractivity contribution in [1.82, 2.24) is 0 Å². The summed E-state index contributed by atoms with van der Waals surface area (Å²) in [7, 11) is 0. The molecule has 3 unspecified atom stereocenters. The average molecular weight is 282 g/mol. The van der Waals surface area contributed by atoms with E-state index in [4.69, 9.17) is 0 Å². The van der Waals surface area contributed by atoms with Crippen LogP contribution in [0, 0.1) is 24.2 Å². The van der Waals surface area contributed by atoms with E-state index in [-0.39, 0.29) is 5.41 Å². The van der Waals surface area contributed by atoms with E-state index >= 15 is 0 Å². The van der Waals surface area contributed by atoms with Gasteiger partial charge in [-0.15, -0.1) is 0 Å². The number of fused-ring (bicyclic) bond motifs is 5. The highest BCUT2D eigenvalue weighted by Crippen LogP contribution is 2.58. The zero-order valence-corrected chi connectivity index (χ0v) is 13.3. The maximum absolute atomic E-state index is 12.5. The molecule has 0 heterocycles. The van der Waals surface area contributed by atoms with Gasteiger partial charge in [-0.3, -0.25) is 4.79 Å². The first-order valence-corrected chi connectivity index (χ1v) is 8.72. The predicted octanol–water partition coefficient (Wildman–Crippen LogP) is 4.81. The van der Waals surface area contributed by atoms with Gasteiger partial charge in [0, 0.05) is 11.8 Å². The first-order chi connectivity index (χ1) is 10.1. The molecule has 4 rings (SSSR count). The fourth-order valence-corrected chi connectivity index (χ4v) is 5.68. The fourth-order valence-electron chi connectivity index (χ4n) is 5.68. The third kappa shape index (κ3) is 1.93. The van der Waals surface area contributed by atoms with Gasteiger partial charge in [0.25, 0.3) is 0 Å². The Morgan fingerprint density at radius 2 is 2.00 bits per heavy atom. The van der Waals surface area contributed by atoms with Crippen LogP contribution in [0.25, 0.3) is 0 Å². The molecule has 3 aliphatic carbocycles. The third-order valence-electron chi connectivity index (χ3n) is 6.83. The standard InChI is InChI=1S/C20H26O/c1-13-6-8-15-14(12-13)7-9-17-16(15)10-11-20(2)18(17)4-3-5-19(20)21/h6,8,12,16-18H,3-5,7,9-11H2,1-2H3/t16?,17?,18?,20-/m0/s1. The van der Waals surface area contributed by atoms with Gasteiger partial charge in [-0.05, 0) is 74.3 Å². The van der Waals surface area contributed by atoms with E-state index in [0.29, 0.717) is 11.7 Å². The van der Waals surface area contributed by atoms with Gasteiger partial charge in [0.15, 0.2) is 0 Å². The van der Waals surface area contributed by atoms with Crippen molar-refractivity contribution in [3.63, 3.8) is 0 Å². The van der Waals surface area contributed by atoms with Crippen LogP contribution in [-0.4, -0.2) is 5.78 Å². The van der Waals surface area contributed by atoms with Crippen molar-refractivity contribution in [2.24, 2.45) is 17.3 Å². The van der Waals surface area contributed by atoms with Gasteiger partial charge in [-0.25, -0.2) is 0 Å². The second-order valence-corrected chi connectivity index (χ2v) is 7.89. The van der Waals surface area contributed by atoms with Crippen LogP contribution >= 0.6 is 0 Å². The Labute approximate surface area is 128 Å². The Morgan fingerprint density at radius 1 is 1.14 bits per heavy atom. The van der Waals surface area contributed by atoms with Crippen LogP contribution in [0.3, 0.4) is 0 Å². The number of rotatable bonds is 0. The minimum Gasteiger partial charge on any atom is -0.299 e. The Balaban J connectivity index is 1.72. The highest BCUT2D eigenvalue weighted by Gasteiger charge is 2.52. The van der Waals surface area contributed by atoms with Crippen LogP contribution in [0.15, 0.2) is 18.2 Å². The molecule has 21 heavy (non-hydrogen) atoms. The summed E-state index contributed by atoms with van der Waals surface area (Å²) in [5.74, 6) is 2.68. The number of benzene rings is 1. The van der Waals surface area contributed by atoms with Crippen molar-refractivity contribution in [3.05, 3.63) is 34.9 Å². The second kappa shape index (κ2) is 4.69. The van der Waals surface area contributed by atoms with E-state index in [1.807, 2.05) is 0 Å². The summed E-state index contributed by atoms with van der Waals surface area (Å²) in [5, 5.41) is 0.